The Kier molecular flexibility index (Phi) is 6.32. The molecule has 1 atom stereocenters. The molecule has 0 spiro atoms. The third-order valence-electron chi connectivity index (χ3n) is 3.24. The van der Waals surface area contributed by atoms with Gasteiger partial charge in [-0.05, 0) is 25.8 Å². The zero-order valence-electron chi connectivity index (χ0n) is 12.8. The van der Waals surface area contributed by atoms with Crippen LogP contribution in [0.3, 0.4) is 0 Å². The van der Waals surface area contributed by atoms with E-state index in [1.807, 2.05) is 24.3 Å². The highest BCUT2D eigenvalue weighted by atomic mass is 16.5. The van der Waals surface area contributed by atoms with Gasteiger partial charge in [-0.25, -0.2) is 0 Å². The number of para-hydroxylation sites is 1. The largest absolute Gasteiger partial charge is 0.496 e. The summed E-state index contributed by atoms with van der Waals surface area (Å²) >= 11 is 0. The van der Waals surface area contributed by atoms with Crippen LogP contribution in [0.4, 0.5) is 0 Å². The number of nitrogens with zero attached hydrogens (tertiary/aromatic N) is 1. The number of rotatable bonds is 7. The molecule has 0 bridgehead atoms. The van der Waals surface area contributed by atoms with E-state index in [4.69, 9.17) is 4.74 Å². The third kappa shape index (κ3) is 4.84. The Bertz CT molecular complexity index is 377. The molecule has 0 saturated carbocycles. The Morgan fingerprint density at radius 3 is 2.26 bits per heavy atom. The standard InChI is InChI=1S/C16H27NO2/c1-12(2)10-17(13(3)4)11-15(18)14-8-6-7-9-16(14)19-5/h6-9,12-13,15,18H,10-11H2,1-5H3. The first-order chi connectivity index (χ1) is 8.95. The molecular formula is C16H27NO2. The van der Waals surface area contributed by atoms with Crippen molar-refractivity contribution in [2.24, 2.45) is 5.92 Å². The average molecular weight is 265 g/mol. The second-order valence-electron chi connectivity index (χ2n) is 5.70. The molecule has 108 valence electrons. The SMILES string of the molecule is COc1ccccc1C(O)CN(CC(C)C)C(C)C. The predicted molar refractivity (Wildman–Crippen MR) is 79.5 cm³/mol. The van der Waals surface area contributed by atoms with E-state index in [1.54, 1.807) is 7.11 Å². The van der Waals surface area contributed by atoms with Gasteiger partial charge in [-0.2, -0.15) is 0 Å². The molecule has 0 aliphatic rings. The van der Waals surface area contributed by atoms with E-state index in [0.717, 1.165) is 17.9 Å². The highest BCUT2D eigenvalue weighted by molar-refractivity contribution is 5.35. The summed E-state index contributed by atoms with van der Waals surface area (Å²) in [5.74, 6) is 1.34. The lowest BCUT2D eigenvalue weighted by atomic mass is 10.1. The fourth-order valence-electron chi connectivity index (χ4n) is 2.23. The Hall–Kier alpha value is -1.06. The molecule has 1 aromatic rings. The molecule has 3 heteroatoms. The fraction of sp³-hybridized carbons (Fsp3) is 0.625. The highest BCUT2D eigenvalue weighted by Gasteiger charge is 2.19. The zero-order valence-corrected chi connectivity index (χ0v) is 12.8. The van der Waals surface area contributed by atoms with E-state index in [1.165, 1.54) is 0 Å². The van der Waals surface area contributed by atoms with Crippen LogP contribution in [0.25, 0.3) is 0 Å². The van der Waals surface area contributed by atoms with E-state index in [2.05, 4.69) is 32.6 Å². The molecule has 19 heavy (non-hydrogen) atoms. The monoisotopic (exact) mass is 265 g/mol. The van der Waals surface area contributed by atoms with Crippen LogP contribution in [0, 0.1) is 5.92 Å². The molecule has 0 aliphatic carbocycles. The molecule has 0 aliphatic heterocycles. The molecule has 0 aromatic heterocycles. The van der Waals surface area contributed by atoms with E-state index in [-0.39, 0.29) is 0 Å². The summed E-state index contributed by atoms with van der Waals surface area (Å²) < 4.78 is 5.31. The van der Waals surface area contributed by atoms with Gasteiger partial charge in [0.2, 0.25) is 0 Å². The van der Waals surface area contributed by atoms with Crippen LogP contribution in [0.15, 0.2) is 24.3 Å². The lowest BCUT2D eigenvalue weighted by Gasteiger charge is -2.30. The summed E-state index contributed by atoms with van der Waals surface area (Å²) in [7, 11) is 1.64. The molecule has 0 heterocycles. The molecule has 0 radical (unpaired) electrons. The van der Waals surface area contributed by atoms with Crippen molar-refractivity contribution in [3.63, 3.8) is 0 Å². The van der Waals surface area contributed by atoms with E-state index in [9.17, 15) is 5.11 Å². The van der Waals surface area contributed by atoms with Crippen molar-refractivity contribution in [2.75, 3.05) is 20.2 Å². The predicted octanol–water partition coefficient (Wildman–Crippen LogP) is 3.10. The third-order valence-corrected chi connectivity index (χ3v) is 3.24. The smallest absolute Gasteiger partial charge is 0.124 e. The number of methoxy groups -OCH3 is 1. The lowest BCUT2D eigenvalue weighted by molar-refractivity contribution is 0.0860. The van der Waals surface area contributed by atoms with Crippen molar-refractivity contribution in [1.29, 1.82) is 0 Å². The molecule has 0 saturated heterocycles. The quantitative estimate of drug-likeness (QED) is 0.822. The summed E-state index contributed by atoms with van der Waals surface area (Å²) in [6.45, 7) is 10.4. The molecule has 0 fully saturated rings. The van der Waals surface area contributed by atoms with Crippen LogP contribution in [0.5, 0.6) is 5.75 Å². The van der Waals surface area contributed by atoms with Crippen molar-refractivity contribution in [2.45, 2.75) is 39.8 Å². The minimum atomic E-state index is -0.516. The van der Waals surface area contributed by atoms with Crippen LogP contribution in [0.2, 0.25) is 0 Å². The first-order valence-corrected chi connectivity index (χ1v) is 7.00. The van der Waals surface area contributed by atoms with Gasteiger partial charge in [0.1, 0.15) is 5.75 Å². The number of hydrogen-bond donors (Lipinski definition) is 1. The van der Waals surface area contributed by atoms with E-state index in [0.29, 0.717) is 18.5 Å². The average Bonchev–Trinajstić information content (AvgIpc) is 2.37. The number of aliphatic hydroxyl groups is 1. The van der Waals surface area contributed by atoms with Gasteiger partial charge in [0.05, 0.1) is 13.2 Å². The van der Waals surface area contributed by atoms with Crippen LogP contribution in [0.1, 0.15) is 39.4 Å². The maximum absolute atomic E-state index is 10.4. The summed E-state index contributed by atoms with van der Waals surface area (Å²) in [6, 6.07) is 8.09. The molecule has 3 nitrogen and oxygen atoms in total. The number of aliphatic hydroxyl groups excluding tert-OH is 1. The molecule has 1 N–H and O–H groups in total. The highest BCUT2D eigenvalue weighted by Crippen LogP contribution is 2.25. The normalized spacial score (nSPS) is 13.3. The van der Waals surface area contributed by atoms with Crippen LogP contribution in [-0.4, -0.2) is 36.2 Å². The second-order valence-corrected chi connectivity index (χ2v) is 5.70. The van der Waals surface area contributed by atoms with E-state index >= 15 is 0 Å². The molecule has 0 amide bonds. The van der Waals surface area contributed by atoms with Crippen LogP contribution in [-0.2, 0) is 0 Å². The van der Waals surface area contributed by atoms with Gasteiger partial charge in [0.25, 0.3) is 0 Å². The topological polar surface area (TPSA) is 32.7 Å². The van der Waals surface area contributed by atoms with Crippen molar-refractivity contribution in [3.05, 3.63) is 29.8 Å². The Labute approximate surface area is 117 Å². The Balaban J connectivity index is 2.78. The van der Waals surface area contributed by atoms with Crippen molar-refractivity contribution in [3.8, 4) is 5.75 Å². The lowest BCUT2D eigenvalue weighted by Crippen LogP contribution is -2.37. The van der Waals surface area contributed by atoms with Gasteiger partial charge < -0.3 is 9.84 Å². The van der Waals surface area contributed by atoms with Crippen molar-refractivity contribution in [1.82, 2.24) is 4.90 Å². The van der Waals surface area contributed by atoms with Crippen molar-refractivity contribution >= 4 is 0 Å². The summed E-state index contributed by atoms with van der Waals surface area (Å²) in [4.78, 5) is 2.31. The molecule has 1 aromatic carbocycles. The van der Waals surface area contributed by atoms with Crippen LogP contribution < -0.4 is 4.74 Å². The molecular weight excluding hydrogens is 238 g/mol. The first-order valence-electron chi connectivity index (χ1n) is 7.00. The van der Waals surface area contributed by atoms with Gasteiger partial charge in [0, 0.05) is 24.7 Å². The van der Waals surface area contributed by atoms with Gasteiger partial charge >= 0.3 is 0 Å². The maximum Gasteiger partial charge on any atom is 0.124 e. The maximum atomic E-state index is 10.4. The summed E-state index contributed by atoms with van der Waals surface area (Å²) in [5.41, 5.74) is 0.861. The Morgan fingerprint density at radius 2 is 1.74 bits per heavy atom. The van der Waals surface area contributed by atoms with Crippen molar-refractivity contribution < 1.29 is 9.84 Å². The van der Waals surface area contributed by atoms with Gasteiger partial charge in [-0.15, -0.1) is 0 Å². The minimum absolute atomic E-state index is 0.423. The second kappa shape index (κ2) is 7.51. The fourth-order valence-corrected chi connectivity index (χ4v) is 2.23. The number of ether oxygens (including phenoxy) is 1. The minimum Gasteiger partial charge on any atom is -0.496 e. The summed E-state index contributed by atoms with van der Waals surface area (Å²) in [5, 5.41) is 10.4. The summed E-state index contributed by atoms with van der Waals surface area (Å²) in [6.07, 6.45) is -0.516. The number of benzene rings is 1. The number of hydrogen-bond acceptors (Lipinski definition) is 3. The van der Waals surface area contributed by atoms with Crippen LogP contribution >= 0.6 is 0 Å². The molecule has 1 rings (SSSR count). The first kappa shape index (κ1) is 16.0. The van der Waals surface area contributed by atoms with Gasteiger partial charge in [-0.1, -0.05) is 32.0 Å². The van der Waals surface area contributed by atoms with Gasteiger partial charge in [-0.3, -0.25) is 4.90 Å². The van der Waals surface area contributed by atoms with Gasteiger partial charge in [0.15, 0.2) is 0 Å². The van der Waals surface area contributed by atoms with E-state index < -0.39 is 6.10 Å². The zero-order chi connectivity index (χ0) is 14.4. The Morgan fingerprint density at radius 1 is 1.11 bits per heavy atom. The molecule has 1 unspecified atom stereocenters.